The van der Waals surface area contributed by atoms with Crippen molar-refractivity contribution in [3.63, 3.8) is 0 Å². The topological polar surface area (TPSA) is 73.3 Å². The van der Waals surface area contributed by atoms with Crippen LogP contribution in [0.1, 0.15) is 16.1 Å². The van der Waals surface area contributed by atoms with Crippen LogP contribution in [0.15, 0.2) is 17.2 Å². The molecule has 0 saturated carbocycles. The molecule has 0 amide bonds. The maximum Gasteiger partial charge on any atom is 0.339 e. The highest BCUT2D eigenvalue weighted by molar-refractivity contribution is 7.91. The van der Waals surface area contributed by atoms with Crippen LogP contribution in [0, 0.1) is 6.92 Å². The third-order valence-corrected chi connectivity index (χ3v) is 4.15. The van der Waals surface area contributed by atoms with E-state index in [1.165, 1.54) is 19.2 Å². The van der Waals surface area contributed by atoms with E-state index in [-0.39, 0.29) is 22.2 Å². The summed E-state index contributed by atoms with van der Waals surface area (Å²) in [5, 5.41) is -0.0803. The quantitative estimate of drug-likeness (QED) is 0.610. The molecule has 1 rings (SSSR count). The van der Waals surface area contributed by atoms with Gasteiger partial charge in [0.05, 0.1) is 24.1 Å². The van der Waals surface area contributed by atoms with Crippen LogP contribution in [-0.2, 0) is 14.6 Å². The van der Waals surface area contributed by atoms with Crippen LogP contribution in [0.5, 0.6) is 0 Å². The normalized spacial score (nSPS) is 11.2. The average Bonchev–Trinajstić information content (AvgIpc) is 2.28. The minimum absolute atomic E-state index is 0.00180. The molecule has 17 heavy (non-hydrogen) atoms. The van der Waals surface area contributed by atoms with Gasteiger partial charge in [-0.05, 0) is 19.1 Å². The predicted octanol–water partition coefficient (Wildman–Crippen LogP) is 1.19. The number of halogens is 1. The molecule has 0 bridgehead atoms. The zero-order chi connectivity index (χ0) is 13.1. The number of hydrogen-bond acceptors (Lipinski definition) is 5. The number of esters is 1. The van der Waals surface area contributed by atoms with Crippen molar-refractivity contribution < 1.29 is 17.9 Å². The molecular weight excluding hydrogens is 266 g/mol. The predicted molar refractivity (Wildman–Crippen MR) is 63.1 cm³/mol. The van der Waals surface area contributed by atoms with Crippen molar-refractivity contribution in [1.29, 1.82) is 0 Å². The van der Waals surface area contributed by atoms with Crippen molar-refractivity contribution in [3.8, 4) is 0 Å². The Morgan fingerprint density at radius 1 is 1.47 bits per heavy atom. The summed E-state index contributed by atoms with van der Waals surface area (Å²) in [5.74, 6) is -0.725. The number of aromatic nitrogens is 1. The number of aryl methyl sites for hydroxylation is 1. The van der Waals surface area contributed by atoms with Crippen LogP contribution in [0.2, 0.25) is 0 Å². The lowest BCUT2D eigenvalue weighted by Crippen LogP contribution is -2.13. The number of rotatable bonds is 4. The Balaban J connectivity index is 3.18. The largest absolute Gasteiger partial charge is 0.465 e. The van der Waals surface area contributed by atoms with Crippen molar-refractivity contribution >= 4 is 27.4 Å². The number of carbonyl (C=O) groups excluding carboxylic acids is 1. The standard InChI is InChI=1S/C10H12ClNO4S/c1-7-8(10(13)16-2)3-4-9(12-7)17(14,15)6-5-11/h3-4H,5-6H2,1-2H3. The molecule has 0 aliphatic heterocycles. The Morgan fingerprint density at radius 2 is 2.12 bits per heavy atom. The van der Waals surface area contributed by atoms with Gasteiger partial charge in [-0.2, -0.15) is 0 Å². The molecule has 0 saturated heterocycles. The SMILES string of the molecule is COC(=O)c1ccc(S(=O)(=O)CCCl)nc1C. The van der Waals surface area contributed by atoms with Crippen molar-refractivity contribution in [1.82, 2.24) is 4.98 Å². The molecule has 0 fully saturated rings. The van der Waals surface area contributed by atoms with E-state index in [2.05, 4.69) is 9.72 Å². The first-order valence-corrected chi connectivity index (χ1v) is 6.95. The molecule has 1 heterocycles. The maximum absolute atomic E-state index is 11.7. The molecule has 0 aromatic carbocycles. The summed E-state index contributed by atoms with van der Waals surface area (Å²) in [5.41, 5.74) is 0.560. The van der Waals surface area contributed by atoms with Crippen LogP contribution < -0.4 is 0 Å². The molecule has 0 spiro atoms. The molecule has 1 aromatic rings. The summed E-state index contributed by atoms with van der Waals surface area (Å²) in [6.45, 7) is 1.55. The lowest BCUT2D eigenvalue weighted by atomic mass is 10.2. The van der Waals surface area contributed by atoms with Gasteiger partial charge >= 0.3 is 5.97 Å². The number of alkyl halides is 1. The van der Waals surface area contributed by atoms with E-state index < -0.39 is 15.8 Å². The van der Waals surface area contributed by atoms with E-state index in [4.69, 9.17) is 11.6 Å². The van der Waals surface area contributed by atoms with Gasteiger partial charge in [0.25, 0.3) is 0 Å². The summed E-state index contributed by atoms with van der Waals surface area (Å²) in [6, 6.07) is 2.66. The number of nitrogens with zero attached hydrogens (tertiary/aromatic N) is 1. The van der Waals surface area contributed by atoms with Gasteiger partial charge in [0.1, 0.15) is 0 Å². The summed E-state index contributed by atoms with van der Waals surface area (Å²) in [6.07, 6.45) is 0. The highest BCUT2D eigenvalue weighted by Gasteiger charge is 2.18. The third kappa shape index (κ3) is 3.17. The highest BCUT2D eigenvalue weighted by Crippen LogP contribution is 2.13. The zero-order valence-electron chi connectivity index (χ0n) is 9.44. The average molecular weight is 278 g/mol. The van der Waals surface area contributed by atoms with Crippen molar-refractivity contribution in [2.24, 2.45) is 0 Å². The minimum atomic E-state index is -3.48. The van der Waals surface area contributed by atoms with E-state index in [9.17, 15) is 13.2 Å². The smallest absolute Gasteiger partial charge is 0.339 e. The van der Waals surface area contributed by atoms with Gasteiger partial charge in [-0.1, -0.05) is 0 Å². The Labute approximate surface area is 105 Å². The Morgan fingerprint density at radius 3 is 2.59 bits per heavy atom. The number of hydrogen-bond donors (Lipinski definition) is 0. The first kappa shape index (κ1) is 13.9. The second-order valence-electron chi connectivity index (χ2n) is 3.28. The van der Waals surface area contributed by atoms with E-state index in [1.54, 1.807) is 6.92 Å². The highest BCUT2D eigenvalue weighted by atomic mass is 35.5. The van der Waals surface area contributed by atoms with Gasteiger partial charge in [-0.3, -0.25) is 0 Å². The van der Waals surface area contributed by atoms with Crippen molar-refractivity contribution in [2.45, 2.75) is 11.9 Å². The molecular formula is C10H12ClNO4S. The number of ether oxygens (including phenoxy) is 1. The van der Waals surface area contributed by atoms with Gasteiger partial charge in [-0.25, -0.2) is 18.2 Å². The van der Waals surface area contributed by atoms with Crippen LogP contribution in [0.4, 0.5) is 0 Å². The second-order valence-corrected chi connectivity index (χ2v) is 5.72. The summed E-state index contributed by atoms with van der Waals surface area (Å²) in [4.78, 5) is 15.2. The van der Waals surface area contributed by atoms with Crippen LogP contribution >= 0.6 is 11.6 Å². The van der Waals surface area contributed by atoms with Gasteiger partial charge in [0.15, 0.2) is 14.9 Å². The summed E-state index contributed by atoms with van der Waals surface area (Å²) >= 11 is 5.40. The monoisotopic (exact) mass is 277 g/mol. The van der Waals surface area contributed by atoms with Gasteiger partial charge in [0.2, 0.25) is 0 Å². The van der Waals surface area contributed by atoms with Gasteiger partial charge in [-0.15, -0.1) is 11.6 Å². The molecule has 0 aliphatic carbocycles. The number of carbonyl (C=O) groups is 1. The fourth-order valence-corrected chi connectivity index (χ4v) is 2.82. The van der Waals surface area contributed by atoms with Crippen molar-refractivity contribution in [3.05, 3.63) is 23.4 Å². The first-order chi connectivity index (χ1) is 7.92. The lowest BCUT2D eigenvalue weighted by molar-refractivity contribution is 0.0599. The van der Waals surface area contributed by atoms with E-state index in [1.807, 2.05) is 0 Å². The number of methoxy groups -OCH3 is 1. The molecule has 0 unspecified atom stereocenters. The Kier molecular flexibility index (Phi) is 4.47. The zero-order valence-corrected chi connectivity index (χ0v) is 11.0. The number of sulfone groups is 1. The molecule has 1 aromatic heterocycles. The Bertz CT molecular complexity index is 527. The first-order valence-electron chi connectivity index (χ1n) is 4.77. The Hall–Kier alpha value is -1.14. The van der Waals surface area contributed by atoms with E-state index in [0.29, 0.717) is 5.69 Å². The third-order valence-electron chi connectivity index (χ3n) is 2.13. The second kappa shape index (κ2) is 5.46. The fourth-order valence-electron chi connectivity index (χ4n) is 1.24. The maximum atomic E-state index is 11.7. The fraction of sp³-hybridized carbons (Fsp3) is 0.400. The van der Waals surface area contributed by atoms with Crippen LogP contribution in [0.25, 0.3) is 0 Å². The summed E-state index contributed by atoms with van der Waals surface area (Å²) in [7, 11) is -2.23. The summed E-state index contributed by atoms with van der Waals surface area (Å²) < 4.78 is 27.9. The van der Waals surface area contributed by atoms with Crippen molar-refractivity contribution in [2.75, 3.05) is 18.7 Å². The molecule has 94 valence electrons. The molecule has 0 N–H and O–H groups in total. The molecule has 5 nitrogen and oxygen atoms in total. The molecule has 0 aliphatic rings. The van der Waals surface area contributed by atoms with E-state index >= 15 is 0 Å². The molecule has 0 atom stereocenters. The van der Waals surface area contributed by atoms with Gasteiger partial charge in [0, 0.05) is 5.88 Å². The number of pyridine rings is 1. The lowest BCUT2D eigenvalue weighted by Gasteiger charge is -2.06. The van der Waals surface area contributed by atoms with Crippen LogP contribution in [0.3, 0.4) is 0 Å². The minimum Gasteiger partial charge on any atom is -0.465 e. The van der Waals surface area contributed by atoms with Crippen LogP contribution in [-0.4, -0.2) is 38.1 Å². The van der Waals surface area contributed by atoms with Gasteiger partial charge < -0.3 is 4.74 Å². The molecule has 7 heteroatoms. The molecule has 0 radical (unpaired) electrons. The van der Waals surface area contributed by atoms with E-state index in [0.717, 1.165) is 0 Å².